The molecule has 3 aromatic rings. The van der Waals surface area contributed by atoms with E-state index in [1.807, 2.05) is 42.5 Å². The van der Waals surface area contributed by atoms with Crippen LogP contribution in [-0.4, -0.2) is 21.9 Å². The summed E-state index contributed by atoms with van der Waals surface area (Å²) in [6, 6.07) is 26.7. The maximum absolute atomic E-state index is 5.56. The Bertz CT molecular complexity index is 1230. The second-order valence-electron chi connectivity index (χ2n) is 6.76. The van der Waals surface area contributed by atoms with E-state index >= 15 is 0 Å². The number of para-hydroxylation sites is 2. The Kier molecular flexibility index (Phi) is 4.02. The van der Waals surface area contributed by atoms with Gasteiger partial charge in [0.05, 0.1) is 19.2 Å². The third-order valence-corrected chi connectivity index (χ3v) is 5.09. The highest BCUT2D eigenvalue weighted by Gasteiger charge is 2.20. The number of methoxy groups -OCH3 is 1. The largest absolute Gasteiger partial charge is 0.496 e. The Hall–Kier alpha value is -3.66. The molecule has 0 spiro atoms. The minimum atomic E-state index is 0.708. The van der Waals surface area contributed by atoms with Crippen LogP contribution in [0, 0.1) is 0 Å². The lowest BCUT2D eigenvalue weighted by Gasteiger charge is -2.16. The predicted octanol–water partition coefficient (Wildman–Crippen LogP) is 5.26. The van der Waals surface area contributed by atoms with Crippen LogP contribution in [0.3, 0.4) is 0 Å². The van der Waals surface area contributed by atoms with Crippen molar-refractivity contribution >= 4 is 10.9 Å². The highest BCUT2D eigenvalue weighted by molar-refractivity contribution is 5.97. The number of aromatic nitrogens is 3. The Labute approximate surface area is 163 Å². The molecule has 28 heavy (non-hydrogen) atoms. The summed E-state index contributed by atoms with van der Waals surface area (Å²) >= 11 is 0. The molecule has 0 saturated heterocycles. The summed E-state index contributed by atoms with van der Waals surface area (Å²) in [5, 5.41) is 10.1. The SMILES string of the molecule is COc1ccccc1Cn1cc2c(-c3ccccc3)nnc-2c2ccccc21. The summed E-state index contributed by atoms with van der Waals surface area (Å²) in [5.74, 6) is 0.890. The number of rotatable bonds is 4. The van der Waals surface area contributed by atoms with Crippen molar-refractivity contribution in [1.29, 1.82) is 0 Å². The molecular formula is C24H19N3O. The quantitative estimate of drug-likeness (QED) is 0.436. The van der Waals surface area contributed by atoms with E-state index in [0.717, 1.165) is 44.7 Å². The van der Waals surface area contributed by atoms with Gasteiger partial charge in [-0.05, 0) is 12.1 Å². The predicted molar refractivity (Wildman–Crippen MR) is 112 cm³/mol. The Morgan fingerprint density at radius 3 is 2.36 bits per heavy atom. The van der Waals surface area contributed by atoms with Crippen LogP contribution in [0.5, 0.6) is 5.75 Å². The van der Waals surface area contributed by atoms with Gasteiger partial charge < -0.3 is 9.30 Å². The van der Waals surface area contributed by atoms with Crippen molar-refractivity contribution in [1.82, 2.24) is 14.8 Å². The third kappa shape index (κ3) is 2.70. The first kappa shape index (κ1) is 16.5. The van der Waals surface area contributed by atoms with Crippen molar-refractivity contribution in [3.8, 4) is 28.3 Å². The van der Waals surface area contributed by atoms with Gasteiger partial charge in [-0.1, -0.05) is 66.7 Å². The Balaban J connectivity index is 1.74. The van der Waals surface area contributed by atoms with Gasteiger partial charge >= 0.3 is 0 Å². The van der Waals surface area contributed by atoms with Crippen LogP contribution in [0.2, 0.25) is 0 Å². The van der Waals surface area contributed by atoms with Crippen LogP contribution >= 0.6 is 0 Å². The molecule has 0 fully saturated rings. The van der Waals surface area contributed by atoms with E-state index in [4.69, 9.17) is 4.74 Å². The summed E-state index contributed by atoms with van der Waals surface area (Å²) in [7, 11) is 1.71. The van der Waals surface area contributed by atoms with Crippen LogP contribution < -0.4 is 4.74 Å². The summed E-state index contributed by atoms with van der Waals surface area (Å²) < 4.78 is 7.81. The zero-order valence-electron chi connectivity index (χ0n) is 15.5. The molecule has 2 aliphatic rings. The molecule has 2 heterocycles. The van der Waals surface area contributed by atoms with Crippen LogP contribution in [0.4, 0.5) is 0 Å². The van der Waals surface area contributed by atoms with Crippen LogP contribution in [0.1, 0.15) is 5.56 Å². The molecule has 3 aromatic carbocycles. The van der Waals surface area contributed by atoms with E-state index < -0.39 is 0 Å². The van der Waals surface area contributed by atoms with Gasteiger partial charge in [0.2, 0.25) is 0 Å². The summed E-state index contributed by atoms with van der Waals surface area (Å²) in [4.78, 5) is 0. The van der Waals surface area contributed by atoms with Crippen molar-refractivity contribution in [3.63, 3.8) is 0 Å². The average Bonchev–Trinajstić information content (AvgIpc) is 3.19. The molecule has 0 unspecified atom stereocenters. The van der Waals surface area contributed by atoms with Gasteiger partial charge in [-0.3, -0.25) is 0 Å². The number of nitrogens with zero attached hydrogens (tertiary/aromatic N) is 3. The normalized spacial score (nSPS) is 11.2. The number of hydrogen-bond acceptors (Lipinski definition) is 3. The average molecular weight is 365 g/mol. The fourth-order valence-electron chi connectivity index (χ4n) is 3.75. The van der Waals surface area contributed by atoms with Gasteiger partial charge in [0, 0.05) is 28.3 Å². The number of hydrogen-bond donors (Lipinski definition) is 0. The lowest BCUT2D eigenvalue weighted by atomic mass is 10.0. The van der Waals surface area contributed by atoms with Crippen molar-refractivity contribution in [2.24, 2.45) is 0 Å². The topological polar surface area (TPSA) is 39.9 Å². The summed E-state index contributed by atoms with van der Waals surface area (Å²) in [5.41, 5.74) is 6.23. The molecule has 0 N–H and O–H groups in total. The number of ether oxygens (including phenoxy) is 1. The molecule has 0 radical (unpaired) electrons. The first-order chi connectivity index (χ1) is 13.8. The van der Waals surface area contributed by atoms with Crippen molar-refractivity contribution in [2.75, 3.05) is 7.11 Å². The first-order valence-corrected chi connectivity index (χ1v) is 9.27. The molecule has 0 amide bonds. The fourth-order valence-corrected chi connectivity index (χ4v) is 3.75. The lowest BCUT2D eigenvalue weighted by Crippen LogP contribution is -2.05. The second kappa shape index (κ2) is 6.82. The van der Waals surface area contributed by atoms with E-state index in [-0.39, 0.29) is 0 Å². The van der Waals surface area contributed by atoms with Crippen LogP contribution in [0.15, 0.2) is 85.1 Å². The fraction of sp³-hybridized carbons (Fsp3) is 0.0833. The molecular weight excluding hydrogens is 346 g/mol. The molecule has 4 heteroatoms. The highest BCUT2D eigenvalue weighted by atomic mass is 16.5. The number of pyridine rings is 1. The van der Waals surface area contributed by atoms with Crippen molar-refractivity contribution in [3.05, 3.63) is 90.6 Å². The van der Waals surface area contributed by atoms with E-state index in [9.17, 15) is 0 Å². The third-order valence-electron chi connectivity index (χ3n) is 5.09. The number of fused-ring (bicyclic) bond motifs is 3. The Morgan fingerprint density at radius 1 is 0.786 bits per heavy atom. The molecule has 4 nitrogen and oxygen atoms in total. The highest BCUT2D eigenvalue weighted by Crippen LogP contribution is 2.36. The minimum Gasteiger partial charge on any atom is -0.496 e. The van der Waals surface area contributed by atoms with Crippen LogP contribution in [0.25, 0.3) is 33.4 Å². The minimum absolute atomic E-state index is 0.708. The van der Waals surface area contributed by atoms with Gasteiger partial charge in [-0.25, -0.2) is 0 Å². The molecule has 0 aromatic heterocycles. The van der Waals surface area contributed by atoms with E-state index in [1.165, 1.54) is 0 Å². The molecule has 136 valence electrons. The lowest BCUT2D eigenvalue weighted by molar-refractivity contribution is 0.408. The number of benzene rings is 3. The zero-order chi connectivity index (χ0) is 18.9. The van der Waals surface area contributed by atoms with Gasteiger partial charge in [0.25, 0.3) is 0 Å². The monoisotopic (exact) mass is 365 g/mol. The first-order valence-electron chi connectivity index (χ1n) is 9.27. The molecule has 2 aliphatic heterocycles. The molecule has 0 saturated carbocycles. The molecule has 0 atom stereocenters. The summed E-state index contributed by atoms with van der Waals surface area (Å²) in [6.07, 6.45) is 2.16. The zero-order valence-corrected chi connectivity index (χ0v) is 15.5. The van der Waals surface area contributed by atoms with Gasteiger partial charge in [0.1, 0.15) is 17.1 Å². The maximum atomic E-state index is 5.56. The van der Waals surface area contributed by atoms with E-state index in [2.05, 4.69) is 57.4 Å². The van der Waals surface area contributed by atoms with Crippen molar-refractivity contribution in [2.45, 2.75) is 6.54 Å². The van der Waals surface area contributed by atoms with Crippen LogP contribution in [-0.2, 0) is 6.54 Å². The van der Waals surface area contributed by atoms with Gasteiger partial charge in [0.15, 0.2) is 0 Å². The smallest absolute Gasteiger partial charge is 0.123 e. The van der Waals surface area contributed by atoms with Gasteiger partial charge in [-0.2, -0.15) is 0 Å². The Morgan fingerprint density at radius 2 is 1.50 bits per heavy atom. The van der Waals surface area contributed by atoms with E-state index in [0.29, 0.717) is 6.54 Å². The van der Waals surface area contributed by atoms with Gasteiger partial charge in [-0.15, -0.1) is 10.2 Å². The molecule has 0 aliphatic carbocycles. The van der Waals surface area contributed by atoms with E-state index in [1.54, 1.807) is 7.11 Å². The molecule has 0 bridgehead atoms. The standard InChI is InChI=1S/C24H19N3O/c1-28-22-14-8-5-11-18(22)15-27-16-20-23(17-9-3-2-4-10-17)25-26-24(20)19-12-6-7-13-21(19)27/h2-14,16H,15H2,1H3. The van der Waals surface area contributed by atoms with Crippen molar-refractivity contribution < 1.29 is 4.74 Å². The maximum Gasteiger partial charge on any atom is 0.123 e. The molecule has 5 rings (SSSR count). The second-order valence-corrected chi connectivity index (χ2v) is 6.76. The summed E-state index contributed by atoms with van der Waals surface area (Å²) in [6.45, 7) is 0.708.